The van der Waals surface area contributed by atoms with Crippen LogP contribution in [-0.2, 0) is 0 Å². The molecule has 0 saturated carbocycles. The van der Waals surface area contributed by atoms with Crippen molar-refractivity contribution in [2.75, 3.05) is 20.1 Å². The SMILES string of the molecule is CN1CC(N)(CC(C)(F)F)C1. The molecule has 0 aromatic heterocycles. The van der Waals surface area contributed by atoms with Gasteiger partial charge in [0.25, 0.3) is 0 Å². The van der Waals surface area contributed by atoms with E-state index >= 15 is 0 Å². The maximum atomic E-state index is 12.5. The van der Waals surface area contributed by atoms with Crippen molar-refractivity contribution in [3.05, 3.63) is 0 Å². The number of alkyl halides is 2. The summed E-state index contributed by atoms with van der Waals surface area (Å²) in [6.45, 7) is 2.08. The number of hydrogen-bond donors (Lipinski definition) is 1. The van der Waals surface area contributed by atoms with Gasteiger partial charge in [0.15, 0.2) is 0 Å². The number of halogens is 2. The van der Waals surface area contributed by atoms with Gasteiger partial charge in [-0.05, 0) is 14.0 Å². The Morgan fingerprint density at radius 1 is 1.55 bits per heavy atom. The van der Waals surface area contributed by atoms with Gasteiger partial charge >= 0.3 is 0 Å². The van der Waals surface area contributed by atoms with Gasteiger partial charge in [-0.2, -0.15) is 0 Å². The number of hydrogen-bond acceptors (Lipinski definition) is 2. The van der Waals surface area contributed by atoms with Crippen molar-refractivity contribution in [2.24, 2.45) is 5.73 Å². The Morgan fingerprint density at radius 3 is 2.27 bits per heavy atom. The molecule has 0 aromatic rings. The van der Waals surface area contributed by atoms with Gasteiger partial charge < -0.3 is 10.6 Å². The van der Waals surface area contributed by atoms with Gasteiger partial charge in [-0.1, -0.05) is 0 Å². The summed E-state index contributed by atoms with van der Waals surface area (Å²) in [4.78, 5) is 1.94. The van der Waals surface area contributed by atoms with Crippen LogP contribution >= 0.6 is 0 Å². The second-order valence-electron chi connectivity index (χ2n) is 3.78. The minimum atomic E-state index is -2.63. The molecule has 2 nitrogen and oxygen atoms in total. The van der Waals surface area contributed by atoms with Gasteiger partial charge in [-0.25, -0.2) is 8.78 Å². The molecule has 0 spiro atoms. The Labute approximate surface area is 65.4 Å². The van der Waals surface area contributed by atoms with Crippen molar-refractivity contribution in [1.29, 1.82) is 0 Å². The minimum absolute atomic E-state index is 0.204. The van der Waals surface area contributed by atoms with Crippen LogP contribution in [0.15, 0.2) is 0 Å². The molecule has 0 unspecified atom stereocenters. The summed E-state index contributed by atoms with van der Waals surface area (Å²) in [7, 11) is 1.87. The van der Waals surface area contributed by atoms with Gasteiger partial charge in [0, 0.05) is 25.0 Å². The second-order valence-corrected chi connectivity index (χ2v) is 3.78. The quantitative estimate of drug-likeness (QED) is 0.650. The number of likely N-dealkylation sites (N-methyl/N-ethyl adjacent to an activating group) is 1. The molecule has 66 valence electrons. The van der Waals surface area contributed by atoms with E-state index in [1.807, 2.05) is 11.9 Å². The molecule has 0 amide bonds. The third kappa shape index (κ3) is 2.38. The van der Waals surface area contributed by atoms with Crippen molar-refractivity contribution >= 4 is 0 Å². The van der Waals surface area contributed by atoms with Crippen molar-refractivity contribution in [3.63, 3.8) is 0 Å². The van der Waals surface area contributed by atoms with Gasteiger partial charge in [0.1, 0.15) is 0 Å². The van der Waals surface area contributed by atoms with E-state index in [2.05, 4.69) is 0 Å². The number of nitrogens with two attached hydrogens (primary N) is 1. The average molecular weight is 164 g/mol. The van der Waals surface area contributed by atoms with E-state index in [0.29, 0.717) is 13.1 Å². The van der Waals surface area contributed by atoms with Gasteiger partial charge in [0.2, 0.25) is 5.92 Å². The summed E-state index contributed by atoms with van der Waals surface area (Å²) in [6.07, 6.45) is -0.204. The maximum absolute atomic E-state index is 12.5. The molecule has 1 heterocycles. The molecule has 1 aliphatic rings. The predicted octanol–water partition coefficient (Wildman–Crippen LogP) is 0.675. The largest absolute Gasteiger partial charge is 0.323 e. The van der Waals surface area contributed by atoms with Crippen LogP contribution in [0.4, 0.5) is 8.78 Å². The minimum Gasteiger partial charge on any atom is -0.323 e. The fourth-order valence-electron chi connectivity index (χ4n) is 1.76. The zero-order valence-corrected chi connectivity index (χ0v) is 6.90. The summed E-state index contributed by atoms with van der Waals surface area (Å²) in [6, 6.07) is 0. The van der Waals surface area contributed by atoms with Crippen LogP contribution in [0.25, 0.3) is 0 Å². The highest BCUT2D eigenvalue weighted by atomic mass is 19.3. The Kier molecular flexibility index (Phi) is 1.92. The van der Waals surface area contributed by atoms with E-state index in [-0.39, 0.29) is 6.42 Å². The van der Waals surface area contributed by atoms with Crippen LogP contribution in [0.5, 0.6) is 0 Å². The Morgan fingerprint density at radius 2 is 2.00 bits per heavy atom. The molecule has 2 N–H and O–H groups in total. The first-order chi connectivity index (χ1) is 4.81. The standard InChI is InChI=1S/C7H14F2N2/c1-6(8,9)3-7(10)4-11(2)5-7/h3-5,10H2,1-2H3. The fourth-order valence-corrected chi connectivity index (χ4v) is 1.76. The van der Waals surface area contributed by atoms with Gasteiger partial charge in [-0.15, -0.1) is 0 Å². The Balaban J connectivity index is 2.38. The van der Waals surface area contributed by atoms with Crippen molar-refractivity contribution in [1.82, 2.24) is 4.90 Å². The number of nitrogens with zero attached hydrogens (tertiary/aromatic N) is 1. The lowest BCUT2D eigenvalue weighted by Gasteiger charge is -2.46. The lowest BCUT2D eigenvalue weighted by Crippen LogP contribution is -2.67. The summed E-state index contributed by atoms with van der Waals surface area (Å²) in [5, 5.41) is 0. The molecule has 11 heavy (non-hydrogen) atoms. The molecule has 0 radical (unpaired) electrons. The molecule has 1 aliphatic heterocycles. The van der Waals surface area contributed by atoms with E-state index in [0.717, 1.165) is 6.92 Å². The highest BCUT2D eigenvalue weighted by Gasteiger charge is 2.43. The number of rotatable bonds is 2. The molecule has 0 bridgehead atoms. The maximum Gasteiger partial charge on any atom is 0.247 e. The van der Waals surface area contributed by atoms with Crippen molar-refractivity contribution in [3.8, 4) is 0 Å². The first kappa shape index (κ1) is 8.87. The molecule has 0 aliphatic carbocycles. The van der Waals surface area contributed by atoms with Crippen LogP contribution in [-0.4, -0.2) is 36.5 Å². The highest BCUT2D eigenvalue weighted by molar-refractivity contribution is 5.00. The molecule has 1 fully saturated rings. The van der Waals surface area contributed by atoms with E-state index in [1.165, 1.54) is 0 Å². The van der Waals surface area contributed by atoms with Crippen LogP contribution in [0.1, 0.15) is 13.3 Å². The van der Waals surface area contributed by atoms with Crippen LogP contribution in [0, 0.1) is 0 Å². The second kappa shape index (κ2) is 2.38. The lowest BCUT2D eigenvalue weighted by atomic mass is 9.86. The molecule has 0 atom stereocenters. The van der Waals surface area contributed by atoms with Gasteiger partial charge in [0.05, 0.1) is 0 Å². The van der Waals surface area contributed by atoms with E-state index in [4.69, 9.17) is 5.73 Å². The molecule has 1 saturated heterocycles. The van der Waals surface area contributed by atoms with E-state index < -0.39 is 11.5 Å². The first-order valence-electron chi connectivity index (χ1n) is 3.66. The summed E-state index contributed by atoms with van der Waals surface area (Å²) >= 11 is 0. The summed E-state index contributed by atoms with van der Waals surface area (Å²) < 4.78 is 24.9. The molecular formula is C7H14F2N2. The smallest absolute Gasteiger partial charge is 0.247 e. The summed E-state index contributed by atoms with van der Waals surface area (Å²) in [5.74, 6) is -2.63. The zero-order valence-electron chi connectivity index (χ0n) is 6.90. The normalized spacial score (nSPS) is 24.8. The van der Waals surface area contributed by atoms with Crippen molar-refractivity contribution in [2.45, 2.75) is 24.8 Å². The number of likely N-dealkylation sites (tertiary alicyclic amines) is 1. The Hall–Kier alpha value is -0.220. The van der Waals surface area contributed by atoms with Crippen LogP contribution < -0.4 is 5.73 Å². The fraction of sp³-hybridized carbons (Fsp3) is 1.00. The molecule has 0 aromatic carbocycles. The monoisotopic (exact) mass is 164 g/mol. The molecule has 4 heteroatoms. The summed E-state index contributed by atoms with van der Waals surface area (Å²) in [5.41, 5.74) is 5.01. The first-order valence-corrected chi connectivity index (χ1v) is 3.66. The topological polar surface area (TPSA) is 29.3 Å². The highest BCUT2D eigenvalue weighted by Crippen LogP contribution is 2.29. The average Bonchev–Trinajstić information content (AvgIpc) is 1.53. The Bertz CT molecular complexity index is 147. The van der Waals surface area contributed by atoms with E-state index in [9.17, 15) is 8.78 Å². The third-order valence-electron chi connectivity index (χ3n) is 1.83. The van der Waals surface area contributed by atoms with E-state index in [1.54, 1.807) is 0 Å². The lowest BCUT2D eigenvalue weighted by molar-refractivity contribution is -0.0425. The van der Waals surface area contributed by atoms with Crippen LogP contribution in [0.3, 0.4) is 0 Å². The third-order valence-corrected chi connectivity index (χ3v) is 1.83. The van der Waals surface area contributed by atoms with Gasteiger partial charge in [-0.3, -0.25) is 0 Å². The van der Waals surface area contributed by atoms with Crippen molar-refractivity contribution < 1.29 is 8.78 Å². The van der Waals surface area contributed by atoms with Crippen LogP contribution in [0.2, 0.25) is 0 Å². The predicted molar refractivity (Wildman–Crippen MR) is 39.7 cm³/mol. The molecule has 1 rings (SSSR count). The zero-order chi connectivity index (χ0) is 8.70. The molecular weight excluding hydrogens is 150 g/mol.